The molecule has 0 aliphatic rings. The molecule has 0 heterocycles. The zero-order valence-corrected chi connectivity index (χ0v) is 18.8. The fourth-order valence-corrected chi connectivity index (χ4v) is 3.17. The van der Waals surface area contributed by atoms with Crippen LogP contribution in [0.25, 0.3) is 0 Å². The number of nitrogens with one attached hydrogen (secondary N) is 2. The number of benzene rings is 1. The summed E-state index contributed by atoms with van der Waals surface area (Å²) in [6.45, 7) is 7.36. The molecule has 1 aromatic rings. The second kappa shape index (κ2) is 16.7. The number of hydrogen-bond donors (Lipinski definition) is 3. The van der Waals surface area contributed by atoms with Crippen LogP contribution in [0.1, 0.15) is 44.1 Å². The lowest BCUT2D eigenvalue weighted by molar-refractivity contribution is -0.144. The second-order valence-corrected chi connectivity index (χ2v) is 7.61. The molecule has 0 aliphatic carbocycles. The number of unbranched alkanes of at least 4 members (excludes halogenated alkanes) is 2. The normalized spacial score (nSPS) is 12.3. The molecule has 0 spiro atoms. The molecular weight excluding hydrogens is 408 g/mol. The molecule has 0 unspecified atom stereocenters. The summed E-state index contributed by atoms with van der Waals surface area (Å²) < 4.78 is 5.11. The number of esters is 1. The van der Waals surface area contributed by atoms with Crippen LogP contribution < -0.4 is 10.6 Å². The van der Waals surface area contributed by atoms with Gasteiger partial charge >= 0.3 is 5.97 Å². The van der Waals surface area contributed by atoms with Gasteiger partial charge in [0.25, 0.3) is 0 Å². The zero-order chi connectivity index (χ0) is 23.6. The van der Waals surface area contributed by atoms with Gasteiger partial charge in [-0.15, -0.1) is 13.2 Å². The summed E-state index contributed by atoms with van der Waals surface area (Å²) in [6.07, 6.45) is 7.07. The molecule has 32 heavy (non-hydrogen) atoms. The van der Waals surface area contributed by atoms with E-state index in [9.17, 15) is 19.5 Å². The number of carbonyl (C=O) groups is 3. The van der Waals surface area contributed by atoms with E-state index in [0.717, 1.165) is 24.8 Å². The molecule has 0 saturated carbocycles. The van der Waals surface area contributed by atoms with Crippen molar-refractivity contribution >= 4 is 17.8 Å². The Labute approximate surface area is 190 Å². The number of aliphatic hydroxyl groups excluding tert-OH is 1. The predicted molar refractivity (Wildman–Crippen MR) is 125 cm³/mol. The maximum absolute atomic E-state index is 12.5. The molecule has 1 aromatic carbocycles. The Morgan fingerprint density at radius 1 is 1.09 bits per heavy atom. The van der Waals surface area contributed by atoms with Gasteiger partial charge in [0, 0.05) is 12.8 Å². The van der Waals surface area contributed by atoms with Crippen LogP contribution in [-0.2, 0) is 25.5 Å². The van der Waals surface area contributed by atoms with Crippen LogP contribution >= 0.6 is 0 Å². The van der Waals surface area contributed by atoms with Crippen LogP contribution in [0.3, 0.4) is 0 Å². The Morgan fingerprint density at radius 3 is 2.50 bits per heavy atom. The average Bonchev–Trinajstić information content (AvgIpc) is 2.79. The van der Waals surface area contributed by atoms with E-state index in [2.05, 4.69) is 23.8 Å². The van der Waals surface area contributed by atoms with Gasteiger partial charge in [0.2, 0.25) is 11.8 Å². The fourth-order valence-electron chi connectivity index (χ4n) is 3.17. The largest absolute Gasteiger partial charge is 0.464 e. The molecule has 2 amide bonds. The SMILES string of the molecule is C=CCCCCC(=O)OCCNC(=O)[C@H](CC=C)CC(=O)N[C@H](CO)Cc1ccccc1. The van der Waals surface area contributed by atoms with Crippen molar-refractivity contribution in [2.24, 2.45) is 5.92 Å². The monoisotopic (exact) mass is 444 g/mol. The number of hydrogen-bond acceptors (Lipinski definition) is 5. The van der Waals surface area contributed by atoms with Gasteiger partial charge in [-0.1, -0.05) is 42.5 Å². The highest BCUT2D eigenvalue weighted by atomic mass is 16.5. The summed E-state index contributed by atoms with van der Waals surface area (Å²) >= 11 is 0. The van der Waals surface area contributed by atoms with Gasteiger partial charge < -0.3 is 20.5 Å². The smallest absolute Gasteiger partial charge is 0.305 e. The lowest BCUT2D eigenvalue weighted by Crippen LogP contribution is -2.42. The summed E-state index contributed by atoms with van der Waals surface area (Å²) in [5.41, 5.74) is 1.00. The van der Waals surface area contributed by atoms with E-state index >= 15 is 0 Å². The van der Waals surface area contributed by atoms with Crippen molar-refractivity contribution in [1.82, 2.24) is 10.6 Å². The highest BCUT2D eigenvalue weighted by Gasteiger charge is 2.22. The third-order valence-electron chi connectivity index (χ3n) is 4.87. The van der Waals surface area contributed by atoms with Gasteiger partial charge in [0.15, 0.2) is 0 Å². The molecule has 1 rings (SSSR count). The molecule has 0 aromatic heterocycles. The minimum Gasteiger partial charge on any atom is -0.464 e. The molecule has 0 saturated heterocycles. The van der Waals surface area contributed by atoms with Crippen LogP contribution in [0.15, 0.2) is 55.6 Å². The molecule has 0 aliphatic heterocycles. The van der Waals surface area contributed by atoms with E-state index in [1.807, 2.05) is 36.4 Å². The van der Waals surface area contributed by atoms with Gasteiger partial charge in [-0.25, -0.2) is 0 Å². The number of carbonyl (C=O) groups excluding carboxylic acids is 3. The quantitative estimate of drug-likeness (QED) is 0.195. The Bertz CT molecular complexity index is 720. The van der Waals surface area contributed by atoms with E-state index < -0.39 is 12.0 Å². The first kappa shape index (κ1) is 27.1. The maximum atomic E-state index is 12.5. The van der Waals surface area contributed by atoms with Gasteiger partial charge in [-0.3, -0.25) is 14.4 Å². The minimum absolute atomic E-state index is 0.0216. The summed E-state index contributed by atoms with van der Waals surface area (Å²) in [5.74, 6) is -1.49. The molecule has 7 nitrogen and oxygen atoms in total. The number of aliphatic hydroxyl groups is 1. The van der Waals surface area contributed by atoms with E-state index in [-0.39, 0.29) is 44.0 Å². The first-order chi connectivity index (χ1) is 15.5. The fraction of sp³-hybridized carbons (Fsp3) is 0.480. The molecule has 0 fully saturated rings. The van der Waals surface area contributed by atoms with Crippen LogP contribution in [0.5, 0.6) is 0 Å². The molecule has 0 radical (unpaired) electrons. The first-order valence-corrected chi connectivity index (χ1v) is 11.1. The molecule has 3 N–H and O–H groups in total. The van der Waals surface area contributed by atoms with Crippen molar-refractivity contribution < 1.29 is 24.2 Å². The van der Waals surface area contributed by atoms with Crippen LogP contribution in [0.4, 0.5) is 0 Å². The summed E-state index contributed by atoms with van der Waals surface area (Å²) in [6, 6.07) is 9.13. The first-order valence-electron chi connectivity index (χ1n) is 11.1. The molecule has 0 bridgehead atoms. The third-order valence-corrected chi connectivity index (χ3v) is 4.87. The lowest BCUT2D eigenvalue weighted by Gasteiger charge is -2.19. The Morgan fingerprint density at radius 2 is 1.84 bits per heavy atom. The molecule has 7 heteroatoms. The number of allylic oxidation sites excluding steroid dienone is 2. The van der Waals surface area contributed by atoms with Crippen molar-refractivity contribution in [3.8, 4) is 0 Å². The molecule has 2 atom stereocenters. The van der Waals surface area contributed by atoms with Gasteiger partial charge in [-0.05, 0) is 37.7 Å². The van der Waals surface area contributed by atoms with E-state index in [4.69, 9.17) is 4.74 Å². The van der Waals surface area contributed by atoms with Crippen molar-refractivity contribution in [1.29, 1.82) is 0 Å². The highest BCUT2D eigenvalue weighted by Crippen LogP contribution is 2.11. The zero-order valence-electron chi connectivity index (χ0n) is 18.8. The summed E-state index contributed by atoms with van der Waals surface area (Å²) in [5, 5.41) is 15.1. The summed E-state index contributed by atoms with van der Waals surface area (Å²) in [7, 11) is 0. The van der Waals surface area contributed by atoms with Crippen molar-refractivity contribution in [2.75, 3.05) is 19.8 Å². The van der Waals surface area contributed by atoms with E-state index in [1.54, 1.807) is 6.08 Å². The van der Waals surface area contributed by atoms with Crippen LogP contribution in [0, 0.1) is 5.92 Å². The number of amides is 2. The maximum Gasteiger partial charge on any atom is 0.305 e. The van der Waals surface area contributed by atoms with Gasteiger partial charge in [-0.2, -0.15) is 0 Å². The standard InChI is InChI=1S/C25H36N2O5/c1-3-5-6-10-14-24(30)32-16-15-26-25(31)21(11-4-2)18-23(29)27-22(19-28)17-20-12-8-7-9-13-20/h3-4,7-9,12-13,21-22,28H,1-2,5-6,10-11,14-19H2,(H,26,31)(H,27,29)/t21-,22+/m1/s1. The Kier molecular flexibility index (Phi) is 14.2. The number of rotatable bonds is 17. The topological polar surface area (TPSA) is 105 Å². The van der Waals surface area contributed by atoms with Crippen LogP contribution in [-0.4, -0.2) is 48.7 Å². The van der Waals surface area contributed by atoms with Gasteiger partial charge in [0.1, 0.15) is 6.61 Å². The van der Waals surface area contributed by atoms with Crippen molar-refractivity contribution in [2.45, 2.75) is 51.0 Å². The van der Waals surface area contributed by atoms with Gasteiger partial charge in [0.05, 0.1) is 25.1 Å². The predicted octanol–water partition coefficient (Wildman–Crippen LogP) is 2.69. The Balaban J connectivity index is 2.39. The average molecular weight is 445 g/mol. The van der Waals surface area contributed by atoms with Crippen LogP contribution in [0.2, 0.25) is 0 Å². The minimum atomic E-state index is -0.585. The molecule has 176 valence electrons. The number of ether oxygens (including phenoxy) is 1. The summed E-state index contributed by atoms with van der Waals surface area (Å²) in [4.78, 5) is 36.6. The second-order valence-electron chi connectivity index (χ2n) is 7.61. The Hall–Kier alpha value is -2.93. The highest BCUT2D eigenvalue weighted by molar-refractivity contribution is 5.86. The lowest BCUT2D eigenvalue weighted by atomic mass is 9.99. The van der Waals surface area contributed by atoms with E-state index in [0.29, 0.717) is 19.3 Å². The van der Waals surface area contributed by atoms with Crippen molar-refractivity contribution in [3.05, 3.63) is 61.2 Å². The van der Waals surface area contributed by atoms with E-state index in [1.165, 1.54) is 0 Å². The molecular formula is C25H36N2O5. The third kappa shape index (κ3) is 12.1. The van der Waals surface area contributed by atoms with Crippen molar-refractivity contribution in [3.63, 3.8) is 0 Å².